The van der Waals surface area contributed by atoms with Gasteiger partial charge in [-0.2, -0.15) is 0 Å². The molecular formula is C17H28N2OS. The first-order valence-corrected chi connectivity index (χ1v) is 9.35. The van der Waals surface area contributed by atoms with Crippen LogP contribution in [-0.4, -0.2) is 24.2 Å². The second-order valence-electron chi connectivity index (χ2n) is 6.62. The van der Waals surface area contributed by atoms with Gasteiger partial charge >= 0.3 is 0 Å². The smallest absolute Gasteiger partial charge is 0.125 e. The van der Waals surface area contributed by atoms with Crippen LogP contribution >= 0.6 is 11.3 Å². The largest absolute Gasteiger partial charge is 0.368 e. The van der Waals surface area contributed by atoms with Crippen LogP contribution < -0.4 is 5.32 Å². The zero-order chi connectivity index (χ0) is 14.9. The van der Waals surface area contributed by atoms with Crippen LogP contribution in [0.1, 0.15) is 74.4 Å². The molecule has 1 N–H and O–H groups in total. The van der Waals surface area contributed by atoms with Crippen molar-refractivity contribution < 1.29 is 4.74 Å². The van der Waals surface area contributed by atoms with Gasteiger partial charge in [-0.3, -0.25) is 0 Å². The molecule has 2 atom stereocenters. The molecule has 118 valence electrons. The standard InChI is InChI=1S/C17H28N2OS/c1-4-17(3,20-5-2)16-19-15-12(11-18-13-9-10-13)7-6-8-14(15)21-16/h12-13,18H,4-11H2,1-3H3. The molecule has 1 aromatic rings. The normalized spacial score (nSPS) is 24.6. The first-order valence-electron chi connectivity index (χ1n) is 8.53. The van der Waals surface area contributed by atoms with Crippen LogP contribution in [0.4, 0.5) is 0 Å². The molecule has 2 aliphatic rings. The van der Waals surface area contributed by atoms with Crippen molar-refractivity contribution in [3.63, 3.8) is 0 Å². The molecular weight excluding hydrogens is 280 g/mol. The molecule has 3 rings (SSSR count). The summed E-state index contributed by atoms with van der Waals surface area (Å²) in [5, 5.41) is 4.88. The Labute approximate surface area is 132 Å². The Hall–Kier alpha value is -0.450. The van der Waals surface area contributed by atoms with Gasteiger partial charge in [0.05, 0.1) is 5.69 Å². The van der Waals surface area contributed by atoms with Crippen molar-refractivity contribution in [2.75, 3.05) is 13.2 Å². The molecule has 1 saturated carbocycles. The Bertz CT molecular complexity index is 483. The lowest BCUT2D eigenvalue weighted by Crippen LogP contribution is -2.27. The Morgan fingerprint density at radius 1 is 1.33 bits per heavy atom. The molecule has 1 aromatic heterocycles. The number of aryl methyl sites for hydroxylation is 1. The fourth-order valence-electron chi connectivity index (χ4n) is 3.16. The van der Waals surface area contributed by atoms with Gasteiger partial charge in [0, 0.05) is 30.0 Å². The van der Waals surface area contributed by atoms with Crippen LogP contribution in [0.3, 0.4) is 0 Å². The lowest BCUT2D eigenvalue weighted by atomic mass is 9.91. The summed E-state index contributed by atoms with van der Waals surface area (Å²) in [4.78, 5) is 6.56. The average Bonchev–Trinajstić information content (AvgIpc) is 3.21. The minimum atomic E-state index is -0.203. The Kier molecular flexibility index (Phi) is 4.67. The quantitative estimate of drug-likeness (QED) is 0.827. The maximum atomic E-state index is 6.02. The van der Waals surface area contributed by atoms with Gasteiger partial charge in [-0.25, -0.2) is 4.98 Å². The summed E-state index contributed by atoms with van der Waals surface area (Å²) in [6.07, 6.45) is 7.51. The van der Waals surface area contributed by atoms with E-state index < -0.39 is 0 Å². The van der Waals surface area contributed by atoms with Crippen LogP contribution in [0.5, 0.6) is 0 Å². The molecule has 3 nitrogen and oxygen atoms in total. The zero-order valence-electron chi connectivity index (χ0n) is 13.6. The molecule has 0 spiro atoms. The minimum Gasteiger partial charge on any atom is -0.368 e. The first-order chi connectivity index (χ1) is 10.2. The Morgan fingerprint density at radius 3 is 2.81 bits per heavy atom. The van der Waals surface area contributed by atoms with E-state index in [1.54, 1.807) is 0 Å². The van der Waals surface area contributed by atoms with Gasteiger partial charge in [0.2, 0.25) is 0 Å². The highest BCUT2D eigenvalue weighted by Crippen LogP contribution is 2.40. The summed E-state index contributed by atoms with van der Waals surface area (Å²) in [5.74, 6) is 0.613. The van der Waals surface area contributed by atoms with Gasteiger partial charge < -0.3 is 10.1 Å². The third-order valence-electron chi connectivity index (χ3n) is 4.89. The van der Waals surface area contributed by atoms with E-state index in [0.29, 0.717) is 5.92 Å². The molecule has 0 amide bonds. The number of aromatic nitrogens is 1. The molecule has 0 saturated heterocycles. The number of hydrogen-bond donors (Lipinski definition) is 1. The van der Waals surface area contributed by atoms with Crippen molar-refractivity contribution in [3.8, 4) is 0 Å². The number of ether oxygens (including phenoxy) is 1. The van der Waals surface area contributed by atoms with E-state index in [-0.39, 0.29) is 5.60 Å². The van der Waals surface area contributed by atoms with Gasteiger partial charge in [-0.15, -0.1) is 11.3 Å². The van der Waals surface area contributed by atoms with Crippen molar-refractivity contribution in [2.45, 2.75) is 76.9 Å². The highest BCUT2D eigenvalue weighted by atomic mass is 32.1. The number of nitrogens with one attached hydrogen (secondary N) is 1. The number of nitrogens with zero attached hydrogens (tertiary/aromatic N) is 1. The minimum absolute atomic E-state index is 0.203. The first kappa shape index (κ1) is 15.4. The van der Waals surface area contributed by atoms with E-state index in [4.69, 9.17) is 9.72 Å². The average molecular weight is 308 g/mol. The summed E-state index contributed by atoms with van der Waals surface area (Å²) in [7, 11) is 0. The van der Waals surface area contributed by atoms with E-state index in [9.17, 15) is 0 Å². The molecule has 0 bridgehead atoms. The van der Waals surface area contributed by atoms with Crippen molar-refractivity contribution in [1.82, 2.24) is 10.3 Å². The maximum absolute atomic E-state index is 6.02. The molecule has 2 aliphatic carbocycles. The SMILES string of the molecule is CCOC(C)(CC)c1nc2c(s1)CCCC2CNC1CC1. The van der Waals surface area contributed by atoms with Gasteiger partial charge in [0.15, 0.2) is 0 Å². The van der Waals surface area contributed by atoms with Crippen LogP contribution in [0.15, 0.2) is 0 Å². The fourth-order valence-corrected chi connectivity index (χ4v) is 4.52. The topological polar surface area (TPSA) is 34.1 Å². The van der Waals surface area contributed by atoms with Crippen LogP contribution in [0.25, 0.3) is 0 Å². The van der Waals surface area contributed by atoms with E-state index >= 15 is 0 Å². The van der Waals surface area contributed by atoms with E-state index in [0.717, 1.165) is 25.6 Å². The van der Waals surface area contributed by atoms with Gasteiger partial charge in [-0.1, -0.05) is 6.92 Å². The lowest BCUT2D eigenvalue weighted by molar-refractivity contribution is -0.0325. The van der Waals surface area contributed by atoms with Gasteiger partial charge in [0.1, 0.15) is 10.6 Å². The molecule has 1 fully saturated rings. The van der Waals surface area contributed by atoms with Gasteiger partial charge in [0.25, 0.3) is 0 Å². The number of fused-ring (bicyclic) bond motifs is 1. The van der Waals surface area contributed by atoms with E-state index in [1.807, 2.05) is 11.3 Å². The maximum Gasteiger partial charge on any atom is 0.125 e. The zero-order valence-corrected chi connectivity index (χ0v) is 14.4. The predicted molar refractivity (Wildman–Crippen MR) is 88.1 cm³/mol. The molecule has 4 heteroatoms. The Balaban J connectivity index is 1.79. The summed E-state index contributed by atoms with van der Waals surface area (Å²) < 4.78 is 6.02. The molecule has 21 heavy (non-hydrogen) atoms. The highest BCUT2D eigenvalue weighted by molar-refractivity contribution is 7.11. The molecule has 0 radical (unpaired) electrons. The van der Waals surface area contributed by atoms with E-state index in [1.165, 1.54) is 47.7 Å². The third-order valence-corrected chi connectivity index (χ3v) is 6.27. The molecule has 2 unspecified atom stereocenters. The summed E-state index contributed by atoms with van der Waals surface area (Å²) in [6, 6.07) is 0.790. The summed E-state index contributed by atoms with van der Waals surface area (Å²) in [5.41, 5.74) is 1.17. The summed E-state index contributed by atoms with van der Waals surface area (Å²) >= 11 is 1.90. The van der Waals surface area contributed by atoms with Crippen LogP contribution in [0.2, 0.25) is 0 Å². The molecule has 1 heterocycles. The predicted octanol–water partition coefficient (Wildman–Crippen LogP) is 3.98. The number of hydrogen-bond acceptors (Lipinski definition) is 4. The second-order valence-corrected chi connectivity index (χ2v) is 7.70. The number of rotatable bonds is 7. The Morgan fingerprint density at radius 2 is 2.14 bits per heavy atom. The summed E-state index contributed by atoms with van der Waals surface area (Å²) in [6.45, 7) is 8.32. The van der Waals surface area contributed by atoms with Crippen LogP contribution in [0, 0.1) is 0 Å². The fraction of sp³-hybridized carbons (Fsp3) is 0.824. The van der Waals surface area contributed by atoms with Crippen LogP contribution in [-0.2, 0) is 16.8 Å². The van der Waals surface area contributed by atoms with Crippen molar-refractivity contribution in [3.05, 3.63) is 15.6 Å². The highest BCUT2D eigenvalue weighted by Gasteiger charge is 2.33. The molecule has 0 aliphatic heterocycles. The van der Waals surface area contributed by atoms with Crippen molar-refractivity contribution >= 4 is 11.3 Å². The second kappa shape index (κ2) is 6.35. The van der Waals surface area contributed by atoms with Crippen molar-refractivity contribution in [1.29, 1.82) is 0 Å². The number of thiazole rings is 1. The molecule has 0 aromatic carbocycles. The lowest BCUT2D eigenvalue weighted by Gasteiger charge is -2.25. The van der Waals surface area contributed by atoms with E-state index in [2.05, 4.69) is 26.1 Å². The van der Waals surface area contributed by atoms with Gasteiger partial charge in [-0.05, 0) is 52.4 Å². The van der Waals surface area contributed by atoms with Crippen molar-refractivity contribution in [2.24, 2.45) is 0 Å². The third kappa shape index (κ3) is 3.33. The monoisotopic (exact) mass is 308 g/mol.